The lowest BCUT2D eigenvalue weighted by Gasteiger charge is -2.18. The van der Waals surface area contributed by atoms with Crippen molar-refractivity contribution in [3.05, 3.63) is 18.0 Å². The maximum absolute atomic E-state index is 12.0. The van der Waals surface area contributed by atoms with Gasteiger partial charge in [-0.3, -0.25) is 9.48 Å². The summed E-state index contributed by atoms with van der Waals surface area (Å²) in [6.07, 6.45) is 4.41. The van der Waals surface area contributed by atoms with Crippen LogP contribution in [0.5, 0.6) is 0 Å². The summed E-state index contributed by atoms with van der Waals surface area (Å²) in [5, 5.41) is 7.28. The molecule has 1 aromatic rings. The number of aromatic nitrogens is 2. The molecule has 0 unspecified atom stereocenters. The third-order valence-corrected chi connectivity index (χ3v) is 2.58. The second-order valence-electron chi connectivity index (χ2n) is 3.80. The van der Waals surface area contributed by atoms with Gasteiger partial charge in [0.1, 0.15) is 0 Å². The molecule has 1 saturated heterocycles. The van der Waals surface area contributed by atoms with Gasteiger partial charge >= 0.3 is 0 Å². The normalized spacial score (nSPS) is 17.5. The van der Waals surface area contributed by atoms with E-state index in [1.54, 1.807) is 17.1 Å². The molecule has 2 rings (SSSR count). The van der Waals surface area contributed by atoms with Gasteiger partial charge in [-0.2, -0.15) is 5.10 Å². The molecular formula is C10H16N4O. The number of nitrogens with zero attached hydrogens (tertiary/aromatic N) is 3. The summed E-state index contributed by atoms with van der Waals surface area (Å²) >= 11 is 0. The van der Waals surface area contributed by atoms with E-state index in [9.17, 15) is 4.79 Å². The Labute approximate surface area is 89.1 Å². The molecule has 5 heteroatoms. The van der Waals surface area contributed by atoms with E-state index in [0.29, 0.717) is 5.56 Å². The quantitative estimate of drug-likeness (QED) is 0.698. The van der Waals surface area contributed by atoms with E-state index in [0.717, 1.165) is 32.6 Å². The van der Waals surface area contributed by atoms with Gasteiger partial charge in [0.25, 0.3) is 5.91 Å². The number of carbonyl (C=O) groups excluding carboxylic acids is 1. The smallest absolute Gasteiger partial charge is 0.257 e. The highest BCUT2D eigenvalue weighted by Gasteiger charge is 2.17. The van der Waals surface area contributed by atoms with Crippen LogP contribution in [0.4, 0.5) is 0 Å². The van der Waals surface area contributed by atoms with Crippen molar-refractivity contribution in [2.75, 3.05) is 26.2 Å². The van der Waals surface area contributed by atoms with Gasteiger partial charge in [-0.15, -0.1) is 0 Å². The molecule has 0 saturated carbocycles. The Morgan fingerprint density at radius 3 is 3.07 bits per heavy atom. The largest absolute Gasteiger partial charge is 0.337 e. The fourth-order valence-corrected chi connectivity index (χ4v) is 1.76. The first-order chi connectivity index (χ1) is 7.27. The molecule has 0 bridgehead atoms. The summed E-state index contributed by atoms with van der Waals surface area (Å²) < 4.78 is 1.66. The van der Waals surface area contributed by atoms with Crippen LogP contribution in [-0.4, -0.2) is 46.8 Å². The number of amides is 1. The molecule has 1 aliphatic heterocycles. The summed E-state index contributed by atoms with van der Waals surface area (Å²) in [7, 11) is 1.82. The second-order valence-corrected chi connectivity index (χ2v) is 3.80. The van der Waals surface area contributed by atoms with E-state index in [1.165, 1.54) is 0 Å². The van der Waals surface area contributed by atoms with Crippen LogP contribution < -0.4 is 5.32 Å². The van der Waals surface area contributed by atoms with Gasteiger partial charge in [0.2, 0.25) is 0 Å². The highest BCUT2D eigenvalue weighted by atomic mass is 16.2. The van der Waals surface area contributed by atoms with Crippen molar-refractivity contribution in [1.82, 2.24) is 20.0 Å². The van der Waals surface area contributed by atoms with Gasteiger partial charge in [-0.25, -0.2) is 0 Å². The summed E-state index contributed by atoms with van der Waals surface area (Å²) in [4.78, 5) is 13.9. The molecule has 1 N–H and O–H groups in total. The zero-order chi connectivity index (χ0) is 10.7. The number of nitrogens with one attached hydrogen (secondary N) is 1. The van der Waals surface area contributed by atoms with E-state index >= 15 is 0 Å². The predicted molar refractivity (Wildman–Crippen MR) is 56.6 cm³/mol. The number of aryl methyl sites for hydroxylation is 1. The molecule has 0 atom stereocenters. The molecule has 0 radical (unpaired) electrons. The Morgan fingerprint density at radius 2 is 2.33 bits per heavy atom. The first kappa shape index (κ1) is 10.2. The fourth-order valence-electron chi connectivity index (χ4n) is 1.76. The second kappa shape index (κ2) is 4.44. The fraction of sp³-hybridized carbons (Fsp3) is 0.600. The molecule has 15 heavy (non-hydrogen) atoms. The Morgan fingerprint density at radius 1 is 1.47 bits per heavy atom. The van der Waals surface area contributed by atoms with E-state index < -0.39 is 0 Å². The standard InChI is InChI=1S/C10H16N4O/c1-13-8-9(7-12-13)10(15)14-5-2-3-11-4-6-14/h7-8,11H,2-6H2,1H3. The Balaban J connectivity index is 2.06. The Bertz CT molecular complexity index is 339. The minimum absolute atomic E-state index is 0.0896. The molecule has 1 aliphatic rings. The number of hydrogen-bond donors (Lipinski definition) is 1. The third kappa shape index (κ3) is 2.36. The van der Waals surface area contributed by atoms with Crippen LogP contribution in [0.1, 0.15) is 16.8 Å². The van der Waals surface area contributed by atoms with Crippen LogP contribution in [0.2, 0.25) is 0 Å². The minimum atomic E-state index is 0.0896. The van der Waals surface area contributed by atoms with Gasteiger partial charge < -0.3 is 10.2 Å². The van der Waals surface area contributed by atoms with Crippen molar-refractivity contribution >= 4 is 5.91 Å². The topological polar surface area (TPSA) is 50.2 Å². The van der Waals surface area contributed by atoms with Crippen LogP contribution >= 0.6 is 0 Å². The van der Waals surface area contributed by atoms with E-state index in [-0.39, 0.29) is 5.91 Å². The van der Waals surface area contributed by atoms with Gasteiger partial charge in [-0.1, -0.05) is 0 Å². The zero-order valence-corrected chi connectivity index (χ0v) is 8.94. The van der Waals surface area contributed by atoms with Gasteiger partial charge in [0.15, 0.2) is 0 Å². The van der Waals surface area contributed by atoms with Gasteiger partial charge in [0, 0.05) is 32.9 Å². The lowest BCUT2D eigenvalue weighted by molar-refractivity contribution is 0.0766. The molecule has 1 amide bonds. The van der Waals surface area contributed by atoms with Crippen molar-refractivity contribution < 1.29 is 4.79 Å². The van der Waals surface area contributed by atoms with Crippen molar-refractivity contribution in [2.45, 2.75) is 6.42 Å². The van der Waals surface area contributed by atoms with E-state index in [4.69, 9.17) is 0 Å². The average molecular weight is 208 g/mol. The van der Waals surface area contributed by atoms with Crippen LogP contribution in [-0.2, 0) is 7.05 Å². The Kier molecular flexibility index (Phi) is 3.01. The maximum Gasteiger partial charge on any atom is 0.257 e. The summed E-state index contributed by atoms with van der Waals surface area (Å²) in [5.74, 6) is 0.0896. The molecule has 0 aromatic carbocycles. The van der Waals surface area contributed by atoms with Crippen molar-refractivity contribution in [3.63, 3.8) is 0 Å². The molecule has 5 nitrogen and oxygen atoms in total. The van der Waals surface area contributed by atoms with Crippen LogP contribution in [0.15, 0.2) is 12.4 Å². The molecule has 1 fully saturated rings. The maximum atomic E-state index is 12.0. The van der Waals surface area contributed by atoms with Crippen LogP contribution in [0, 0.1) is 0 Å². The predicted octanol–water partition coefficient (Wildman–Crippen LogP) is -0.144. The highest BCUT2D eigenvalue weighted by molar-refractivity contribution is 5.93. The number of carbonyl (C=O) groups is 1. The Hall–Kier alpha value is -1.36. The molecule has 0 spiro atoms. The van der Waals surface area contributed by atoms with Crippen LogP contribution in [0.3, 0.4) is 0 Å². The van der Waals surface area contributed by atoms with Crippen LogP contribution in [0.25, 0.3) is 0 Å². The first-order valence-electron chi connectivity index (χ1n) is 5.26. The molecular weight excluding hydrogens is 192 g/mol. The summed E-state index contributed by atoms with van der Waals surface area (Å²) in [6.45, 7) is 3.50. The van der Waals surface area contributed by atoms with Crippen molar-refractivity contribution in [3.8, 4) is 0 Å². The first-order valence-corrected chi connectivity index (χ1v) is 5.26. The third-order valence-electron chi connectivity index (χ3n) is 2.58. The monoisotopic (exact) mass is 208 g/mol. The molecule has 1 aromatic heterocycles. The zero-order valence-electron chi connectivity index (χ0n) is 8.94. The SMILES string of the molecule is Cn1cc(C(=O)N2CCCNCC2)cn1. The number of rotatable bonds is 1. The molecule has 2 heterocycles. The summed E-state index contributed by atoms with van der Waals surface area (Å²) in [5.41, 5.74) is 0.680. The van der Waals surface area contributed by atoms with E-state index in [1.807, 2.05) is 11.9 Å². The minimum Gasteiger partial charge on any atom is -0.337 e. The highest BCUT2D eigenvalue weighted by Crippen LogP contribution is 2.05. The average Bonchev–Trinajstić information content (AvgIpc) is 2.53. The van der Waals surface area contributed by atoms with Gasteiger partial charge in [-0.05, 0) is 13.0 Å². The molecule has 82 valence electrons. The molecule has 0 aliphatic carbocycles. The van der Waals surface area contributed by atoms with Crippen molar-refractivity contribution in [2.24, 2.45) is 7.05 Å². The lowest BCUT2D eigenvalue weighted by atomic mass is 10.3. The summed E-state index contributed by atoms with van der Waals surface area (Å²) in [6, 6.07) is 0. The van der Waals surface area contributed by atoms with Gasteiger partial charge in [0.05, 0.1) is 11.8 Å². The number of hydrogen-bond acceptors (Lipinski definition) is 3. The lowest BCUT2D eigenvalue weighted by Crippen LogP contribution is -2.33. The van der Waals surface area contributed by atoms with Crippen molar-refractivity contribution in [1.29, 1.82) is 0 Å². The van der Waals surface area contributed by atoms with E-state index in [2.05, 4.69) is 10.4 Å².